The van der Waals surface area contributed by atoms with Gasteiger partial charge in [-0.3, -0.25) is 4.79 Å². The van der Waals surface area contributed by atoms with Crippen LogP contribution < -0.4 is 5.73 Å². The lowest BCUT2D eigenvalue weighted by atomic mass is 9.78. The molecule has 0 aromatic carbocycles. The lowest BCUT2D eigenvalue weighted by molar-refractivity contribution is -0.125. The molecule has 1 unspecified atom stereocenters. The molecule has 0 saturated heterocycles. The van der Waals surface area contributed by atoms with Gasteiger partial charge in [-0.25, -0.2) is 0 Å². The highest BCUT2D eigenvalue weighted by molar-refractivity contribution is 5.77. The third-order valence-corrected chi connectivity index (χ3v) is 1.97. The van der Waals surface area contributed by atoms with Crippen molar-refractivity contribution >= 4 is 5.91 Å². The topological polar surface area (TPSA) is 43.1 Å². The van der Waals surface area contributed by atoms with Crippen molar-refractivity contribution in [2.45, 2.75) is 40.5 Å². The SMILES string of the molecule is CCCC(C(N)=O)C(C)(C)C. The summed E-state index contributed by atoms with van der Waals surface area (Å²) in [6.07, 6.45) is 1.92. The van der Waals surface area contributed by atoms with Gasteiger partial charge < -0.3 is 5.73 Å². The summed E-state index contributed by atoms with van der Waals surface area (Å²) in [5.74, 6) is -0.146. The molecule has 0 aliphatic rings. The molecule has 0 heterocycles. The maximum Gasteiger partial charge on any atom is 0.221 e. The quantitative estimate of drug-likeness (QED) is 0.668. The highest BCUT2D eigenvalue weighted by atomic mass is 16.1. The summed E-state index contributed by atoms with van der Waals surface area (Å²) < 4.78 is 0. The number of nitrogens with two attached hydrogens (primary N) is 1. The average molecular weight is 157 g/mol. The highest BCUT2D eigenvalue weighted by Crippen LogP contribution is 2.29. The van der Waals surface area contributed by atoms with Gasteiger partial charge in [0.1, 0.15) is 0 Å². The summed E-state index contributed by atoms with van der Waals surface area (Å²) in [7, 11) is 0. The molecule has 2 heteroatoms. The molecule has 0 saturated carbocycles. The van der Waals surface area contributed by atoms with E-state index < -0.39 is 0 Å². The Labute approximate surface area is 69.2 Å². The molecule has 2 nitrogen and oxygen atoms in total. The maximum atomic E-state index is 11.0. The van der Waals surface area contributed by atoms with Gasteiger partial charge in [0.25, 0.3) is 0 Å². The van der Waals surface area contributed by atoms with E-state index >= 15 is 0 Å². The summed E-state index contributed by atoms with van der Waals surface area (Å²) in [5, 5.41) is 0. The molecule has 66 valence electrons. The summed E-state index contributed by atoms with van der Waals surface area (Å²) in [6.45, 7) is 8.23. The minimum Gasteiger partial charge on any atom is -0.369 e. The molecule has 0 spiro atoms. The first-order valence-electron chi connectivity index (χ1n) is 4.19. The van der Waals surface area contributed by atoms with Gasteiger partial charge in [-0.15, -0.1) is 0 Å². The summed E-state index contributed by atoms with van der Waals surface area (Å²) >= 11 is 0. The van der Waals surface area contributed by atoms with E-state index in [9.17, 15) is 4.79 Å². The van der Waals surface area contributed by atoms with Crippen LogP contribution in [0.25, 0.3) is 0 Å². The van der Waals surface area contributed by atoms with Gasteiger partial charge in [0, 0.05) is 5.92 Å². The van der Waals surface area contributed by atoms with Crippen LogP contribution in [0.4, 0.5) is 0 Å². The Kier molecular flexibility index (Phi) is 3.56. The Morgan fingerprint density at radius 3 is 2.00 bits per heavy atom. The highest BCUT2D eigenvalue weighted by Gasteiger charge is 2.28. The maximum absolute atomic E-state index is 11.0. The van der Waals surface area contributed by atoms with Crippen LogP contribution in [0.3, 0.4) is 0 Å². The number of carbonyl (C=O) groups is 1. The second-order valence-electron chi connectivity index (χ2n) is 4.11. The fraction of sp³-hybridized carbons (Fsp3) is 0.889. The van der Waals surface area contributed by atoms with E-state index in [1.807, 2.05) is 0 Å². The first-order valence-corrected chi connectivity index (χ1v) is 4.19. The van der Waals surface area contributed by atoms with Gasteiger partial charge in [-0.2, -0.15) is 0 Å². The van der Waals surface area contributed by atoms with Crippen LogP contribution in [0.1, 0.15) is 40.5 Å². The van der Waals surface area contributed by atoms with Crippen molar-refractivity contribution < 1.29 is 4.79 Å². The van der Waals surface area contributed by atoms with Crippen LogP contribution in [0.5, 0.6) is 0 Å². The van der Waals surface area contributed by atoms with Gasteiger partial charge in [-0.05, 0) is 11.8 Å². The van der Waals surface area contributed by atoms with Crippen LogP contribution >= 0.6 is 0 Å². The fourth-order valence-corrected chi connectivity index (χ4v) is 1.29. The van der Waals surface area contributed by atoms with Gasteiger partial charge in [0.15, 0.2) is 0 Å². The molecule has 0 aromatic heterocycles. The minimum atomic E-state index is -0.167. The van der Waals surface area contributed by atoms with Gasteiger partial charge in [-0.1, -0.05) is 34.1 Å². The van der Waals surface area contributed by atoms with E-state index in [1.165, 1.54) is 0 Å². The van der Waals surface area contributed by atoms with Crippen LogP contribution in [-0.4, -0.2) is 5.91 Å². The summed E-state index contributed by atoms with van der Waals surface area (Å²) in [5.41, 5.74) is 5.29. The molecular formula is C9H19NO. The number of amides is 1. The predicted molar refractivity (Wildman–Crippen MR) is 47.0 cm³/mol. The third kappa shape index (κ3) is 3.40. The number of hydrogen-bond donors (Lipinski definition) is 1. The average Bonchev–Trinajstić information content (AvgIpc) is 1.79. The Balaban J connectivity index is 4.22. The number of rotatable bonds is 3. The molecule has 1 atom stereocenters. The Morgan fingerprint density at radius 1 is 1.45 bits per heavy atom. The lowest BCUT2D eigenvalue weighted by Crippen LogP contribution is -2.33. The van der Waals surface area contributed by atoms with E-state index in [1.54, 1.807) is 0 Å². The van der Waals surface area contributed by atoms with Crippen molar-refractivity contribution in [3.63, 3.8) is 0 Å². The third-order valence-electron chi connectivity index (χ3n) is 1.97. The van der Waals surface area contributed by atoms with Crippen molar-refractivity contribution in [2.75, 3.05) is 0 Å². The zero-order valence-corrected chi connectivity index (χ0v) is 7.98. The second-order valence-corrected chi connectivity index (χ2v) is 4.11. The molecule has 0 fully saturated rings. The van der Waals surface area contributed by atoms with Gasteiger partial charge in [0.05, 0.1) is 0 Å². The standard InChI is InChI=1S/C9H19NO/c1-5-6-7(8(10)11)9(2,3)4/h7H,5-6H2,1-4H3,(H2,10,11). The summed E-state index contributed by atoms with van der Waals surface area (Å²) in [4.78, 5) is 11.0. The first kappa shape index (κ1) is 10.5. The lowest BCUT2D eigenvalue weighted by Gasteiger charge is -2.27. The van der Waals surface area contributed by atoms with E-state index in [-0.39, 0.29) is 17.2 Å². The minimum absolute atomic E-state index is 0.0157. The zero-order valence-electron chi connectivity index (χ0n) is 7.98. The molecule has 1 amide bonds. The molecule has 0 bridgehead atoms. The number of hydrogen-bond acceptors (Lipinski definition) is 1. The Bertz CT molecular complexity index is 135. The van der Waals surface area contributed by atoms with Crippen molar-refractivity contribution in [3.05, 3.63) is 0 Å². The molecule has 0 aromatic rings. The fourth-order valence-electron chi connectivity index (χ4n) is 1.29. The smallest absolute Gasteiger partial charge is 0.221 e. The van der Waals surface area contributed by atoms with Gasteiger partial charge in [0.2, 0.25) is 5.91 Å². The molecule has 11 heavy (non-hydrogen) atoms. The largest absolute Gasteiger partial charge is 0.369 e. The van der Waals surface area contributed by atoms with Crippen LogP contribution in [0.15, 0.2) is 0 Å². The normalized spacial score (nSPS) is 14.5. The molecule has 0 aliphatic carbocycles. The number of primary amides is 1. The Hall–Kier alpha value is -0.530. The van der Waals surface area contributed by atoms with Gasteiger partial charge >= 0.3 is 0 Å². The molecule has 0 rings (SSSR count). The molecule has 2 N–H and O–H groups in total. The predicted octanol–water partition coefficient (Wildman–Crippen LogP) is 1.93. The van der Waals surface area contributed by atoms with Crippen LogP contribution in [0.2, 0.25) is 0 Å². The monoisotopic (exact) mass is 157 g/mol. The van der Waals surface area contributed by atoms with Crippen molar-refractivity contribution in [3.8, 4) is 0 Å². The van der Waals surface area contributed by atoms with Crippen LogP contribution in [0, 0.1) is 11.3 Å². The molecular weight excluding hydrogens is 138 g/mol. The van der Waals surface area contributed by atoms with Crippen molar-refractivity contribution in [1.29, 1.82) is 0 Å². The van der Waals surface area contributed by atoms with Crippen LogP contribution in [-0.2, 0) is 4.79 Å². The summed E-state index contributed by atoms with van der Waals surface area (Å²) in [6, 6.07) is 0. The zero-order chi connectivity index (χ0) is 9.07. The van der Waals surface area contributed by atoms with Crippen molar-refractivity contribution in [2.24, 2.45) is 17.1 Å². The van der Waals surface area contributed by atoms with E-state index in [0.29, 0.717) is 0 Å². The van der Waals surface area contributed by atoms with E-state index in [0.717, 1.165) is 12.8 Å². The van der Waals surface area contributed by atoms with Crippen molar-refractivity contribution in [1.82, 2.24) is 0 Å². The van der Waals surface area contributed by atoms with E-state index in [2.05, 4.69) is 27.7 Å². The second kappa shape index (κ2) is 3.74. The number of carbonyl (C=O) groups excluding carboxylic acids is 1. The molecule has 0 radical (unpaired) electrons. The Morgan fingerprint density at radius 2 is 1.91 bits per heavy atom. The first-order chi connectivity index (χ1) is 4.89. The van der Waals surface area contributed by atoms with E-state index in [4.69, 9.17) is 5.73 Å². The molecule has 0 aliphatic heterocycles.